The Balaban J connectivity index is 1.48. The maximum Gasteiger partial charge on any atom is 0.251 e. The van der Waals surface area contributed by atoms with Crippen LogP contribution in [0.2, 0.25) is 0 Å². The van der Waals surface area contributed by atoms with Crippen LogP contribution in [0.5, 0.6) is 5.75 Å². The molecule has 0 bridgehead atoms. The summed E-state index contributed by atoms with van der Waals surface area (Å²) in [5, 5.41) is 3.01. The number of aromatic nitrogens is 1. The fraction of sp³-hybridized carbons (Fsp3) is 0.346. The molecule has 0 radical (unpaired) electrons. The van der Waals surface area contributed by atoms with E-state index in [-0.39, 0.29) is 5.91 Å². The molecule has 1 amide bonds. The summed E-state index contributed by atoms with van der Waals surface area (Å²) < 4.78 is 7.99. The van der Waals surface area contributed by atoms with E-state index in [1.54, 1.807) is 0 Å². The molecule has 0 unspecified atom stereocenters. The predicted octanol–water partition coefficient (Wildman–Crippen LogP) is 5.24. The van der Waals surface area contributed by atoms with Gasteiger partial charge in [-0.25, -0.2) is 0 Å². The van der Waals surface area contributed by atoms with Gasteiger partial charge in [0.25, 0.3) is 5.91 Å². The summed E-state index contributed by atoms with van der Waals surface area (Å²) in [6.45, 7) is 7.50. The molecular weight excluding hydrogens is 372 g/mol. The molecular formula is C26H30N2O2. The first-order valence-corrected chi connectivity index (χ1v) is 10.9. The van der Waals surface area contributed by atoms with Crippen LogP contribution in [0.1, 0.15) is 53.1 Å². The van der Waals surface area contributed by atoms with Crippen LogP contribution in [-0.2, 0) is 19.4 Å². The van der Waals surface area contributed by atoms with Gasteiger partial charge in [-0.1, -0.05) is 25.1 Å². The fourth-order valence-corrected chi connectivity index (χ4v) is 4.41. The number of hydrogen-bond acceptors (Lipinski definition) is 2. The highest BCUT2D eigenvalue weighted by atomic mass is 16.5. The summed E-state index contributed by atoms with van der Waals surface area (Å²) in [6, 6.07) is 18.1. The molecule has 4 rings (SSSR count). The third-order valence-corrected chi connectivity index (χ3v) is 5.92. The zero-order valence-corrected chi connectivity index (χ0v) is 18.1. The molecule has 30 heavy (non-hydrogen) atoms. The second-order valence-corrected chi connectivity index (χ2v) is 8.21. The van der Waals surface area contributed by atoms with Crippen molar-refractivity contribution in [1.29, 1.82) is 0 Å². The molecule has 0 saturated heterocycles. The molecule has 1 N–H and O–H groups in total. The van der Waals surface area contributed by atoms with E-state index in [4.69, 9.17) is 4.74 Å². The van der Waals surface area contributed by atoms with Crippen LogP contribution in [-0.4, -0.2) is 17.1 Å². The minimum absolute atomic E-state index is 0.0760. The number of rotatable bonds is 6. The van der Waals surface area contributed by atoms with Crippen LogP contribution < -0.4 is 10.1 Å². The van der Waals surface area contributed by atoms with Crippen molar-refractivity contribution >= 4 is 5.91 Å². The molecule has 4 heteroatoms. The lowest BCUT2D eigenvalue weighted by Gasteiger charge is -2.21. The molecule has 0 aliphatic heterocycles. The number of fused-ring (bicyclic) bond motifs is 1. The molecule has 1 aliphatic carbocycles. The Kier molecular flexibility index (Phi) is 5.93. The number of hydrogen-bond donors (Lipinski definition) is 1. The molecule has 0 spiro atoms. The van der Waals surface area contributed by atoms with Crippen molar-refractivity contribution in [1.82, 2.24) is 9.88 Å². The number of ether oxygens (including phenoxy) is 1. The van der Waals surface area contributed by atoms with E-state index in [1.807, 2.05) is 55.5 Å². The van der Waals surface area contributed by atoms with Crippen molar-refractivity contribution in [2.45, 2.75) is 46.6 Å². The van der Waals surface area contributed by atoms with Gasteiger partial charge in [0.2, 0.25) is 0 Å². The normalized spacial score (nSPS) is 15.5. The Morgan fingerprint density at radius 2 is 1.93 bits per heavy atom. The minimum atomic E-state index is -0.0760. The number of aryl methyl sites for hydroxylation is 1. The van der Waals surface area contributed by atoms with Gasteiger partial charge in [-0.05, 0) is 81.0 Å². The van der Waals surface area contributed by atoms with E-state index in [2.05, 4.69) is 29.8 Å². The van der Waals surface area contributed by atoms with Crippen LogP contribution in [0.3, 0.4) is 0 Å². The molecule has 1 aromatic heterocycles. The highest BCUT2D eigenvalue weighted by molar-refractivity contribution is 5.94. The molecule has 0 saturated carbocycles. The summed E-state index contributed by atoms with van der Waals surface area (Å²) in [7, 11) is 0. The third kappa shape index (κ3) is 4.13. The average molecular weight is 403 g/mol. The summed E-state index contributed by atoms with van der Waals surface area (Å²) in [5.41, 5.74) is 6.94. The Labute approximate surface area is 178 Å². The molecule has 0 fully saturated rings. The zero-order chi connectivity index (χ0) is 21.1. The molecule has 1 aliphatic rings. The number of para-hydroxylation sites is 1. The van der Waals surface area contributed by atoms with Crippen LogP contribution in [0.25, 0.3) is 5.69 Å². The van der Waals surface area contributed by atoms with Crippen molar-refractivity contribution < 1.29 is 9.53 Å². The van der Waals surface area contributed by atoms with Gasteiger partial charge in [-0.2, -0.15) is 0 Å². The van der Waals surface area contributed by atoms with E-state index in [1.165, 1.54) is 23.4 Å². The van der Waals surface area contributed by atoms with Crippen molar-refractivity contribution in [3.63, 3.8) is 0 Å². The number of carbonyl (C=O) groups is 1. The SMILES string of the molecule is CCOc1ccccc1CNC(=O)c1ccc(-n2c(C)cc3c2CC[C@@H](C)C3)cc1. The third-order valence-electron chi connectivity index (χ3n) is 5.92. The Morgan fingerprint density at radius 1 is 1.17 bits per heavy atom. The first-order chi connectivity index (χ1) is 14.6. The zero-order valence-electron chi connectivity index (χ0n) is 18.1. The van der Waals surface area contributed by atoms with Crippen molar-refractivity contribution in [2.75, 3.05) is 6.61 Å². The van der Waals surface area contributed by atoms with Gasteiger partial charge in [-0.15, -0.1) is 0 Å². The van der Waals surface area contributed by atoms with Crippen molar-refractivity contribution in [3.8, 4) is 11.4 Å². The van der Waals surface area contributed by atoms with Crippen LogP contribution in [0.4, 0.5) is 0 Å². The van der Waals surface area contributed by atoms with E-state index >= 15 is 0 Å². The van der Waals surface area contributed by atoms with E-state index in [0.717, 1.165) is 35.8 Å². The van der Waals surface area contributed by atoms with E-state index in [0.29, 0.717) is 18.7 Å². The van der Waals surface area contributed by atoms with E-state index in [9.17, 15) is 4.79 Å². The summed E-state index contributed by atoms with van der Waals surface area (Å²) >= 11 is 0. The van der Waals surface area contributed by atoms with Crippen LogP contribution in [0.15, 0.2) is 54.6 Å². The van der Waals surface area contributed by atoms with Crippen molar-refractivity contribution in [3.05, 3.63) is 82.7 Å². The van der Waals surface area contributed by atoms with Gasteiger partial charge >= 0.3 is 0 Å². The number of benzene rings is 2. The number of nitrogens with one attached hydrogen (secondary N) is 1. The number of amides is 1. The van der Waals surface area contributed by atoms with Crippen molar-refractivity contribution in [2.24, 2.45) is 5.92 Å². The lowest BCUT2D eigenvalue weighted by atomic mass is 9.89. The van der Waals surface area contributed by atoms with Gasteiger partial charge in [0.1, 0.15) is 5.75 Å². The second kappa shape index (κ2) is 8.78. The topological polar surface area (TPSA) is 43.3 Å². The molecule has 3 aromatic rings. The highest BCUT2D eigenvalue weighted by Gasteiger charge is 2.21. The van der Waals surface area contributed by atoms with Gasteiger partial charge < -0.3 is 14.6 Å². The van der Waals surface area contributed by atoms with Gasteiger partial charge in [-0.3, -0.25) is 4.79 Å². The highest BCUT2D eigenvalue weighted by Crippen LogP contribution is 2.30. The molecule has 1 atom stereocenters. The Bertz CT molecular complexity index is 1030. The molecule has 1 heterocycles. The Morgan fingerprint density at radius 3 is 2.70 bits per heavy atom. The first kappa shape index (κ1) is 20.3. The van der Waals surface area contributed by atoms with Gasteiger partial charge in [0.05, 0.1) is 6.61 Å². The summed E-state index contributed by atoms with van der Waals surface area (Å²) in [4.78, 5) is 12.7. The molecule has 2 aromatic carbocycles. The standard InChI is InChI=1S/C26H30N2O2/c1-4-30-25-8-6-5-7-21(25)17-27-26(29)20-10-12-23(13-11-20)28-19(3)16-22-15-18(2)9-14-24(22)28/h5-8,10-13,16,18H,4,9,14-15,17H2,1-3H3,(H,27,29)/t18-/m1/s1. The maximum absolute atomic E-state index is 12.7. The monoisotopic (exact) mass is 402 g/mol. The van der Waals surface area contributed by atoms with Crippen LogP contribution >= 0.6 is 0 Å². The average Bonchev–Trinajstić information content (AvgIpc) is 3.08. The lowest BCUT2D eigenvalue weighted by molar-refractivity contribution is 0.0950. The number of carbonyl (C=O) groups excluding carboxylic acids is 1. The van der Waals surface area contributed by atoms with Crippen LogP contribution in [0, 0.1) is 12.8 Å². The summed E-state index contributed by atoms with van der Waals surface area (Å²) in [6.07, 6.45) is 3.51. The number of nitrogens with zero attached hydrogens (tertiary/aromatic N) is 1. The fourth-order valence-electron chi connectivity index (χ4n) is 4.41. The smallest absolute Gasteiger partial charge is 0.251 e. The lowest BCUT2D eigenvalue weighted by Crippen LogP contribution is -2.23. The quantitative estimate of drug-likeness (QED) is 0.613. The van der Waals surface area contributed by atoms with Gasteiger partial charge in [0.15, 0.2) is 0 Å². The predicted molar refractivity (Wildman–Crippen MR) is 120 cm³/mol. The molecule has 4 nitrogen and oxygen atoms in total. The second-order valence-electron chi connectivity index (χ2n) is 8.21. The van der Waals surface area contributed by atoms with Gasteiger partial charge in [0, 0.05) is 34.7 Å². The van der Waals surface area contributed by atoms with E-state index < -0.39 is 0 Å². The first-order valence-electron chi connectivity index (χ1n) is 10.9. The minimum Gasteiger partial charge on any atom is -0.494 e. The summed E-state index contributed by atoms with van der Waals surface area (Å²) in [5.74, 6) is 1.50. The largest absolute Gasteiger partial charge is 0.494 e. The maximum atomic E-state index is 12.7. The molecule has 156 valence electrons. The Hall–Kier alpha value is -3.01.